The zero-order chi connectivity index (χ0) is 7.98. The van der Waals surface area contributed by atoms with Crippen LogP contribution in [0.2, 0.25) is 0 Å². The second kappa shape index (κ2) is 5.03. The van der Waals surface area contributed by atoms with E-state index in [2.05, 4.69) is 19.2 Å². The summed E-state index contributed by atoms with van der Waals surface area (Å²) in [5, 5.41) is 3.01. The SMILES string of the molecule is CC(=O)/C=C/NCC(C)C. The number of hydrogen-bond acceptors (Lipinski definition) is 2. The Morgan fingerprint density at radius 1 is 1.60 bits per heavy atom. The van der Waals surface area contributed by atoms with Gasteiger partial charge in [0.05, 0.1) is 0 Å². The fourth-order valence-corrected chi connectivity index (χ4v) is 0.480. The molecule has 58 valence electrons. The molecule has 10 heavy (non-hydrogen) atoms. The van der Waals surface area contributed by atoms with Gasteiger partial charge in [-0.3, -0.25) is 4.79 Å². The number of allylic oxidation sites excluding steroid dienone is 1. The average Bonchev–Trinajstić information content (AvgIpc) is 1.79. The molecule has 2 heteroatoms. The summed E-state index contributed by atoms with van der Waals surface area (Å²) in [6.45, 7) is 6.69. The van der Waals surface area contributed by atoms with Crippen LogP contribution in [0, 0.1) is 5.92 Å². The molecule has 2 nitrogen and oxygen atoms in total. The van der Waals surface area contributed by atoms with Gasteiger partial charge in [0, 0.05) is 6.54 Å². The Hall–Kier alpha value is -0.790. The molecule has 0 aliphatic carbocycles. The van der Waals surface area contributed by atoms with Crippen molar-refractivity contribution < 1.29 is 4.79 Å². The zero-order valence-electron chi connectivity index (χ0n) is 6.85. The molecule has 0 fully saturated rings. The van der Waals surface area contributed by atoms with Crippen LogP contribution in [-0.2, 0) is 4.79 Å². The number of rotatable bonds is 4. The van der Waals surface area contributed by atoms with Crippen LogP contribution in [0.1, 0.15) is 20.8 Å². The summed E-state index contributed by atoms with van der Waals surface area (Å²) in [5.74, 6) is 0.702. The lowest BCUT2D eigenvalue weighted by Gasteiger charge is -2.01. The summed E-state index contributed by atoms with van der Waals surface area (Å²) < 4.78 is 0. The van der Waals surface area contributed by atoms with E-state index in [-0.39, 0.29) is 5.78 Å². The van der Waals surface area contributed by atoms with E-state index in [1.54, 1.807) is 6.20 Å². The zero-order valence-corrected chi connectivity index (χ0v) is 6.85. The predicted molar refractivity (Wildman–Crippen MR) is 42.7 cm³/mol. The molecular formula is C8H15NO. The van der Waals surface area contributed by atoms with Crippen molar-refractivity contribution in [3.8, 4) is 0 Å². The molecule has 0 saturated heterocycles. The molecule has 1 N–H and O–H groups in total. The Labute approximate surface area is 62.3 Å². The first-order valence-electron chi connectivity index (χ1n) is 3.53. The van der Waals surface area contributed by atoms with Crippen molar-refractivity contribution in [2.45, 2.75) is 20.8 Å². The van der Waals surface area contributed by atoms with Gasteiger partial charge in [-0.05, 0) is 25.1 Å². The van der Waals surface area contributed by atoms with Crippen LogP contribution < -0.4 is 5.32 Å². The normalized spacial score (nSPS) is 10.8. The van der Waals surface area contributed by atoms with Crippen LogP contribution in [0.25, 0.3) is 0 Å². The fraction of sp³-hybridized carbons (Fsp3) is 0.625. The number of carbonyl (C=O) groups excluding carboxylic acids is 1. The van der Waals surface area contributed by atoms with Crippen molar-refractivity contribution >= 4 is 5.78 Å². The summed E-state index contributed by atoms with van der Waals surface area (Å²) in [6.07, 6.45) is 3.23. The van der Waals surface area contributed by atoms with Gasteiger partial charge in [0.1, 0.15) is 0 Å². The van der Waals surface area contributed by atoms with Crippen molar-refractivity contribution in [1.29, 1.82) is 0 Å². The first-order valence-corrected chi connectivity index (χ1v) is 3.53. The minimum atomic E-state index is 0.0799. The summed E-state index contributed by atoms with van der Waals surface area (Å²) in [7, 11) is 0. The topological polar surface area (TPSA) is 29.1 Å². The lowest BCUT2D eigenvalue weighted by molar-refractivity contribution is -0.112. The van der Waals surface area contributed by atoms with Crippen LogP contribution in [0.5, 0.6) is 0 Å². The van der Waals surface area contributed by atoms with Crippen LogP contribution in [0.15, 0.2) is 12.3 Å². The summed E-state index contributed by atoms with van der Waals surface area (Å²) >= 11 is 0. The molecule has 0 aromatic carbocycles. The Morgan fingerprint density at radius 2 is 2.20 bits per heavy atom. The third kappa shape index (κ3) is 7.21. The van der Waals surface area contributed by atoms with Gasteiger partial charge < -0.3 is 5.32 Å². The Morgan fingerprint density at radius 3 is 2.60 bits per heavy atom. The standard InChI is InChI=1S/C8H15NO/c1-7(2)6-9-5-4-8(3)10/h4-5,7,9H,6H2,1-3H3/b5-4+. The van der Waals surface area contributed by atoms with Gasteiger partial charge in [0.25, 0.3) is 0 Å². The molecule has 0 aliphatic rings. The highest BCUT2D eigenvalue weighted by molar-refractivity contribution is 5.87. The predicted octanol–water partition coefficient (Wildman–Crippen LogP) is 1.33. The molecular weight excluding hydrogens is 126 g/mol. The van der Waals surface area contributed by atoms with E-state index >= 15 is 0 Å². The maximum Gasteiger partial charge on any atom is 0.154 e. The van der Waals surface area contributed by atoms with Gasteiger partial charge in [0.2, 0.25) is 0 Å². The third-order valence-electron chi connectivity index (χ3n) is 0.962. The largest absolute Gasteiger partial charge is 0.391 e. The van der Waals surface area contributed by atoms with Gasteiger partial charge >= 0.3 is 0 Å². The van der Waals surface area contributed by atoms with E-state index in [0.717, 1.165) is 6.54 Å². The summed E-state index contributed by atoms with van der Waals surface area (Å²) in [6, 6.07) is 0. The van der Waals surface area contributed by atoms with E-state index in [0.29, 0.717) is 5.92 Å². The summed E-state index contributed by atoms with van der Waals surface area (Å²) in [5.41, 5.74) is 0. The third-order valence-corrected chi connectivity index (χ3v) is 0.962. The second-order valence-corrected chi connectivity index (χ2v) is 2.75. The van der Waals surface area contributed by atoms with E-state index in [1.807, 2.05) is 0 Å². The first-order chi connectivity index (χ1) is 4.63. The van der Waals surface area contributed by atoms with Gasteiger partial charge in [-0.15, -0.1) is 0 Å². The van der Waals surface area contributed by atoms with E-state index < -0.39 is 0 Å². The molecule has 0 atom stereocenters. The quantitative estimate of drug-likeness (QED) is 0.598. The molecule has 0 amide bonds. The van der Waals surface area contributed by atoms with E-state index in [1.165, 1.54) is 13.0 Å². The lowest BCUT2D eigenvalue weighted by atomic mass is 10.2. The molecule has 0 aliphatic heterocycles. The monoisotopic (exact) mass is 141 g/mol. The van der Waals surface area contributed by atoms with Gasteiger partial charge in [-0.1, -0.05) is 13.8 Å². The molecule has 0 aromatic rings. The number of nitrogens with one attached hydrogen (secondary N) is 1. The highest BCUT2D eigenvalue weighted by Gasteiger charge is 1.87. The van der Waals surface area contributed by atoms with Crippen LogP contribution in [0.3, 0.4) is 0 Å². The lowest BCUT2D eigenvalue weighted by Crippen LogP contribution is -2.12. The number of carbonyl (C=O) groups is 1. The van der Waals surface area contributed by atoms with Crippen molar-refractivity contribution in [2.24, 2.45) is 5.92 Å². The van der Waals surface area contributed by atoms with Crippen molar-refractivity contribution in [2.75, 3.05) is 6.54 Å². The molecule has 0 aromatic heterocycles. The highest BCUT2D eigenvalue weighted by atomic mass is 16.1. The molecule has 0 heterocycles. The van der Waals surface area contributed by atoms with Crippen LogP contribution >= 0.6 is 0 Å². The number of hydrogen-bond donors (Lipinski definition) is 1. The minimum Gasteiger partial charge on any atom is -0.391 e. The Balaban J connectivity index is 3.27. The second-order valence-electron chi connectivity index (χ2n) is 2.75. The average molecular weight is 141 g/mol. The molecule has 0 saturated carbocycles. The van der Waals surface area contributed by atoms with Crippen LogP contribution in [-0.4, -0.2) is 12.3 Å². The van der Waals surface area contributed by atoms with E-state index in [9.17, 15) is 4.79 Å². The maximum atomic E-state index is 10.4. The van der Waals surface area contributed by atoms with Crippen molar-refractivity contribution in [1.82, 2.24) is 5.32 Å². The van der Waals surface area contributed by atoms with Crippen LogP contribution in [0.4, 0.5) is 0 Å². The van der Waals surface area contributed by atoms with Gasteiger partial charge in [0.15, 0.2) is 5.78 Å². The number of ketones is 1. The highest BCUT2D eigenvalue weighted by Crippen LogP contribution is 1.86. The molecule has 0 spiro atoms. The minimum absolute atomic E-state index is 0.0799. The molecule has 0 rings (SSSR count). The molecule has 0 radical (unpaired) electrons. The molecule has 0 unspecified atom stereocenters. The fourth-order valence-electron chi connectivity index (χ4n) is 0.480. The Kier molecular flexibility index (Phi) is 4.63. The molecule has 0 bridgehead atoms. The Bertz CT molecular complexity index is 127. The van der Waals surface area contributed by atoms with Gasteiger partial charge in [-0.25, -0.2) is 0 Å². The van der Waals surface area contributed by atoms with E-state index in [4.69, 9.17) is 0 Å². The van der Waals surface area contributed by atoms with Crippen molar-refractivity contribution in [3.63, 3.8) is 0 Å². The van der Waals surface area contributed by atoms with Gasteiger partial charge in [-0.2, -0.15) is 0 Å². The maximum absolute atomic E-state index is 10.4. The smallest absolute Gasteiger partial charge is 0.154 e. The van der Waals surface area contributed by atoms with Crippen molar-refractivity contribution in [3.05, 3.63) is 12.3 Å². The first kappa shape index (κ1) is 9.21. The summed E-state index contributed by atoms with van der Waals surface area (Å²) in [4.78, 5) is 10.4.